The van der Waals surface area contributed by atoms with Crippen molar-refractivity contribution in [1.29, 1.82) is 0 Å². The number of hydrogen-bond donors (Lipinski definition) is 0. The summed E-state index contributed by atoms with van der Waals surface area (Å²) >= 11 is 6.09. The molecule has 25 heavy (non-hydrogen) atoms. The first-order chi connectivity index (χ1) is 12.1. The minimum Gasteiger partial charge on any atom is -0.483 e. The molecule has 132 valence electrons. The molecule has 3 rings (SSSR count). The number of rotatable bonds is 4. The van der Waals surface area contributed by atoms with Gasteiger partial charge < -0.3 is 18.9 Å². The molecule has 1 saturated heterocycles. The number of halogens is 1. The highest BCUT2D eigenvalue weighted by Gasteiger charge is 2.21. The summed E-state index contributed by atoms with van der Waals surface area (Å²) in [6.45, 7) is 2.26. The van der Waals surface area contributed by atoms with E-state index in [1.165, 1.54) is 12.3 Å². The fourth-order valence-electron chi connectivity index (χ4n) is 2.63. The van der Waals surface area contributed by atoms with Crippen LogP contribution in [0.25, 0.3) is 0 Å². The fraction of sp³-hybridized carbons (Fsp3) is 0.333. The van der Waals surface area contributed by atoms with Crippen molar-refractivity contribution in [2.24, 2.45) is 7.05 Å². The van der Waals surface area contributed by atoms with E-state index in [1.807, 2.05) is 18.2 Å². The molecule has 1 aliphatic heterocycles. The zero-order chi connectivity index (χ0) is 17.8. The first kappa shape index (κ1) is 17.5. The summed E-state index contributed by atoms with van der Waals surface area (Å²) in [5.74, 6) is 0.00139. The van der Waals surface area contributed by atoms with Crippen LogP contribution >= 0.6 is 11.6 Å². The summed E-state index contributed by atoms with van der Waals surface area (Å²) in [6.07, 6.45) is 1.53. The lowest BCUT2D eigenvalue weighted by Crippen LogP contribution is -2.42. The highest BCUT2D eigenvalue weighted by molar-refractivity contribution is 6.31. The molecule has 6 nitrogen and oxygen atoms in total. The van der Waals surface area contributed by atoms with Crippen molar-refractivity contribution < 1.29 is 14.3 Å². The quantitative estimate of drug-likeness (QED) is 0.835. The lowest BCUT2D eigenvalue weighted by Gasteiger charge is -2.27. The molecular formula is C18H19ClN2O4. The maximum absolute atomic E-state index is 12.6. The second-order valence-corrected chi connectivity index (χ2v) is 6.19. The number of benzene rings is 1. The van der Waals surface area contributed by atoms with E-state index in [1.54, 1.807) is 22.6 Å². The molecule has 0 saturated carbocycles. The Labute approximate surface area is 150 Å². The number of carbonyl (C=O) groups excluding carboxylic acids is 1. The van der Waals surface area contributed by atoms with Crippen LogP contribution in [0.3, 0.4) is 0 Å². The number of nitrogens with zero attached hydrogens (tertiary/aromatic N) is 2. The number of morpholine rings is 1. The van der Waals surface area contributed by atoms with Gasteiger partial charge in [-0.05, 0) is 6.07 Å². The molecule has 0 radical (unpaired) electrons. The van der Waals surface area contributed by atoms with Gasteiger partial charge in [0.25, 0.3) is 5.91 Å². The lowest BCUT2D eigenvalue weighted by atomic mass is 10.2. The van der Waals surface area contributed by atoms with Crippen molar-refractivity contribution in [2.75, 3.05) is 26.3 Å². The van der Waals surface area contributed by atoms with Crippen LogP contribution in [0.4, 0.5) is 0 Å². The SMILES string of the molecule is Cn1cc(OCc2ccccc2Cl)c(=O)cc1C(=O)N1CCOCC1. The number of pyridine rings is 1. The van der Waals surface area contributed by atoms with Crippen LogP contribution in [0.2, 0.25) is 5.02 Å². The van der Waals surface area contributed by atoms with Gasteiger partial charge in [-0.3, -0.25) is 9.59 Å². The zero-order valence-corrected chi connectivity index (χ0v) is 14.7. The zero-order valence-electron chi connectivity index (χ0n) is 13.9. The Morgan fingerprint density at radius 1 is 1.28 bits per heavy atom. The minimum atomic E-state index is -0.332. The molecule has 0 unspecified atom stereocenters. The van der Waals surface area contributed by atoms with Gasteiger partial charge in [-0.2, -0.15) is 0 Å². The van der Waals surface area contributed by atoms with E-state index < -0.39 is 0 Å². The van der Waals surface area contributed by atoms with Gasteiger partial charge in [-0.15, -0.1) is 0 Å². The van der Waals surface area contributed by atoms with E-state index in [0.29, 0.717) is 37.0 Å². The van der Waals surface area contributed by atoms with Crippen LogP contribution in [-0.4, -0.2) is 41.7 Å². The van der Waals surface area contributed by atoms with Crippen molar-refractivity contribution in [3.63, 3.8) is 0 Å². The molecule has 0 N–H and O–H groups in total. The van der Waals surface area contributed by atoms with E-state index in [0.717, 1.165) is 5.56 Å². The molecule has 1 fully saturated rings. The number of hydrogen-bond acceptors (Lipinski definition) is 4. The van der Waals surface area contributed by atoms with E-state index >= 15 is 0 Å². The predicted molar refractivity (Wildman–Crippen MR) is 94.2 cm³/mol. The molecule has 1 aromatic carbocycles. The summed E-state index contributed by atoms with van der Waals surface area (Å²) in [5, 5.41) is 0.582. The third-order valence-electron chi connectivity index (χ3n) is 4.06. The van der Waals surface area contributed by atoms with Crippen LogP contribution < -0.4 is 10.2 Å². The van der Waals surface area contributed by atoms with Gasteiger partial charge in [-0.25, -0.2) is 0 Å². The normalized spacial score (nSPS) is 14.4. The van der Waals surface area contributed by atoms with Gasteiger partial charge in [0.15, 0.2) is 5.75 Å². The topological polar surface area (TPSA) is 60.8 Å². The highest BCUT2D eigenvalue weighted by Crippen LogP contribution is 2.17. The van der Waals surface area contributed by atoms with E-state index in [9.17, 15) is 9.59 Å². The summed E-state index contributed by atoms with van der Waals surface area (Å²) in [4.78, 5) is 26.6. The van der Waals surface area contributed by atoms with Crippen LogP contribution in [0.1, 0.15) is 16.1 Å². The van der Waals surface area contributed by atoms with Crippen molar-refractivity contribution in [3.05, 3.63) is 63.0 Å². The third kappa shape index (κ3) is 4.03. The maximum atomic E-state index is 12.6. The van der Waals surface area contributed by atoms with Crippen molar-refractivity contribution in [3.8, 4) is 5.75 Å². The first-order valence-electron chi connectivity index (χ1n) is 8.00. The molecular weight excluding hydrogens is 344 g/mol. The fourth-order valence-corrected chi connectivity index (χ4v) is 2.82. The monoisotopic (exact) mass is 362 g/mol. The average molecular weight is 363 g/mol. The lowest BCUT2D eigenvalue weighted by molar-refractivity contribution is 0.0296. The Balaban J connectivity index is 1.77. The maximum Gasteiger partial charge on any atom is 0.270 e. The minimum absolute atomic E-state index is 0.180. The predicted octanol–water partition coefficient (Wildman–Crippen LogP) is 2.09. The molecule has 2 heterocycles. The van der Waals surface area contributed by atoms with Crippen molar-refractivity contribution in [2.45, 2.75) is 6.61 Å². The van der Waals surface area contributed by atoms with Gasteiger partial charge in [0.1, 0.15) is 12.3 Å². The smallest absolute Gasteiger partial charge is 0.270 e. The molecule has 0 aliphatic carbocycles. The van der Waals surface area contributed by atoms with Gasteiger partial charge in [0.05, 0.1) is 19.4 Å². The molecule has 0 bridgehead atoms. The van der Waals surface area contributed by atoms with Gasteiger partial charge >= 0.3 is 0 Å². The van der Waals surface area contributed by atoms with E-state index in [-0.39, 0.29) is 23.7 Å². The number of aryl methyl sites for hydroxylation is 1. The third-order valence-corrected chi connectivity index (χ3v) is 4.43. The van der Waals surface area contributed by atoms with E-state index in [4.69, 9.17) is 21.1 Å². The Morgan fingerprint density at radius 2 is 2.00 bits per heavy atom. The second kappa shape index (κ2) is 7.72. The molecule has 1 amide bonds. The Morgan fingerprint density at radius 3 is 2.72 bits per heavy atom. The Bertz CT molecular complexity index is 828. The van der Waals surface area contributed by atoms with Crippen LogP contribution in [-0.2, 0) is 18.4 Å². The summed E-state index contributed by atoms with van der Waals surface area (Å²) in [5.41, 5.74) is 0.790. The van der Waals surface area contributed by atoms with Crippen LogP contribution in [0.5, 0.6) is 5.75 Å². The van der Waals surface area contributed by atoms with E-state index in [2.05, 4.69) is 0 Å². The standard InChI is InChI=1S/C18H19ClN2O4/c1-20-11-17(25-12-13-4-2-3-5-14(13)19)16(22)10-15(20)18(23)21-6-8-24-9-7-21/h2-5,10-11H,6-9,12H2,1H3. The molecule has 1 aromatic heterocycles. The largest absolute Gasteiger partial charge is 0.483 e. The van der Waals surface area contributed by atoms with Crippen LogP contribution in [0.15, 0.2) is 41.3 Å². The van der Waals surface area contributed by atoms with Gasteiger partial charge in [0, 0.05) is 36.8 Å². The van der Waals surface area contributed by atoms with Crippen molar-refractivity contribution >= 4 is 17.5 Å². The summed E-state index contributed by atoms with van der Waals surface area (Å²) in [6, 6.07) is 8.61. The summed E-state index contributed by atoms with van der Waals surface area (Å²) in [7, 11) is 1.72. The number of ether oxygens (including phenoxy) is 2. The average Bonchev–Trinajstić information content (AvgIpc) is 2.63. The molecule has 7 heteroatoms. The summed E-state index contributed by atoms with van der Waals surface area (Å²) < 4.78 is 12.5. The number of carbonyl (C=O) groups is 1. The second-order valence-electron chi connectivity index (χ2n) is 5.78. The van der Waals surface area contributed by atoms with Gasteiger partial charge in [-0.1, -0.05) is 29.8 Å². The molecule has 2 aromatic rings. The Hall–Kier alpha value is -2.31. The van der Waals surface area contributed by atoms with Gasteiger partial charge in [0.2, 0.25) is 5.43 Å². The molecule has 1 aliphatic rings. The molecule has 0 atom stereocenters. The molecule has 0 spiro atoms. The Kier molecular flexibility index (Phi) is 5.40. The number of amides is 1. The van der Waals surface area contributed by atoms with Crippen LogP contribution in [0, 0.1) is 0 Å². The van der Waals surface area contributed by atoms with Crippen molar-refractivity contribution in [1.82, 2.24) is 9.47 Å². The number of aromatic nitrogens is 1. The first-order valence-corrected chi connectivity index (χ1v) is 8.38. The highest BCUT2D eigenvalue weighted by atomic mass is 35.5.